The molecule has 7 aliphatic rings. The van der Waals surface area contributed by atoms with Gasteiger partial charge in [-0.2, -0.15) is 0 Å². The number of amides is 6. The Hall–Kier alpha value is -9.96. The molecule has 5 aromatic carbocycles. The van der Waals surface area contributed by atoms with Crippen molar-refractivity contribution < 1.29 is 138 Å². The average molecular weight is 1810 g/mol. The second-order valence-electron chi connectivity index (χ2n) is 32.0. The van der Waals surface area contributed by atoms with Gasteiger partial charge in [0, 0.05) is 80.4 Å². The number of primary amides is 1. The summed E-state index contributed by atoms with van der Waals surface area (Å²) in [5.41, 5.74) is 10.9. The number of hydrogen-bond acceptors (Lipinski definition) is 28. The Kier molecular flexibility index (Phi) is 32.9. The van der Waals surface area contributed by atoms with Gasteiger partial charge >= 0.3 is 19.5 Å². The van der Waals surface area contributed by atoms with Crippen molar-refractivity contribution in [3.63, 3.8) is 0 Å². The number of carbonyl (C=O) groups is 8. The van der Waals surface area contributed by atoms with E-state index in [1.165, 1.54) is 63.4 Å². The zero-order valence-corrected chi connectivity index (χ0v) is 73.1. The second kappa shape index (κ2) is 42.4. The Morgan fingerprint density at radius 3 is 1.93 bits per heavy atom. The van der Waals surface area contributed by atoms with Gasteiger partial charge in [0.25, 0.3) is 0 Å². The number of rotatable bonds is 24. The summed E-state index contributed by atoms with van der Waals surface area (Å²) >= 11 is 14.4. The number of benzene rings is 5. The molecule has 7 aromatic rings. The number of pyridine rings is 2. The van der Waals surface area contributed by atoms with Gasteiger partial charge in [0.05, 0.1) is 58.1 Å². The molecule has 0 radical (unpaired) electrons. The molecule has 35 nitrogen and oxygen atoms in total. The van der Waals surface area contributed by atoms with E-state index in [2.05, 4.69) is 46.8 Å². The molecule has 4 unspecified atom stereocenters. The smallest absolute Gasteiger partial charge is 0.508 e. The Labute approximate surface area is 736 Å². The van der Waals surface area contributed by atoms with Gasteiger partial charge in [-0.1, -0.05) is 80.2 Å². The number of aromatic hydroxyl groups is 3. The van der Waals surface area contributed by atoms with Crippen molar-refractivity contribution in [2.45, 2.75) is 202 Å². The number of phenolic OH excluding ortho intramolecular Hbond substituents is 3. The topological polar surface area (TPSA) is 559 Å². The van der Waals surface area contributed by atoms with E-state index >= 15 is 28.8 Å². The van der Waals surface area contributed by atoms with Gasteiger partial charge in [-0.25, -0.2) is 0 Å². The largest absolute Gasteiger partial charge is 2.00 e. The summed E-state index contributed by atoms with van der Waals surface area (Å²) in [5, 5.41) is 122. The number of aliphatic hydroxyl groups excluding tert-OH is 6. The number of unbranched alkanes of at least 4 members (excludes halogenated alkanes) is 3. The van der Waals surface area contributed by atoms with Crippen LogP contribution in [0.3, 0.4) is 0 Å². The SMILES string of the molecule is CN[C@H](CC(C)C)C(=O)N[C@H]1C(=O)C[C@@H](CC(N)=O)C(=O)N[C@H]2C(=O)C[C@H]3C(=O)N[C@H](C(=O)N[C@H](C(=O)NCCCCCCN(Cc4ccccn4)Cc4ccccn4)c4cc(O)cc(O)c4-c4cc3ccc4O)[C@H](O)c3ccc(c(Cl)c3)Oc3cc2cc(c3O[C@H]2OC(CO)[C@H](O)C(O)C2O[C@H]2C[C@@](C)(N)[C@H](O)C(C)O2)Oc2ccc(cc2Cl)[C@H]1O.O.[Zn+2]. The molecule has 124 heavy (non-hydrogen) atoms. The van der Waals surface area contributed by atoms with E-state index in [-0.39, 0.29) is 106 Å². The number of nitrogens with zero attached hydrogens (tertiary/aromatic N) is 3. The fourth-order valence-corrected chi connectivity index (χ4v) is 16.3. The molecule has 0 spiro atoms. The number of ketones is 2. The first-order chi connectivity index (χ1) is 58.2. The summed E-state index contributed by atoms with van der Waals surface area (Å²) in [4.78, 5) is 133. The maximum absolute atomic E-state index is 16.5. The average Bonchev–Trinajstić information content (AvgIpc) is 0.763. The van der Waals surface area contributed by atoms with Crippen molar-refractivity contribution >= 4 is 70.2 Å². The number of ether oxygens (including phenoxy) is 6. The number of nitrogens with two attached hydrogens (primary N) is 2. The number of halogens is 2. The first-order valence-corrected chi connectivity index (χ1v) is 40.9. The number of nitrogens with one attached hydrogen (secondary N) is 6. The van der Waals surface area contributed by atoms with Crippen LogP contribution in [-0.4, -0.2) is 213 Å². The molecule has 2 fully saturated rings. The van der Waals surface area contributed by atoms with Crippen molar-refractivity contribution in [3.05, 3.63) is 177 Å². The van der Waals surface area contributed by atoms with Crippen LogP contribution in [0.1, 0.15) is 155 Å². The van der Waals surface area contributed by atoms with Gasteiger partial charge in [-0.3, -0.25) is 53.2 Å². The molecule has 0 saturated carbocycles. The van der Waals surface area contributed by atoms with Gasteiger partial charge in [0.15, 0.2) is 35.5 Å². The molecule has 9 heterocycles. The summed E-state index contributed by atoms with van der Waals surface area (Å²) in [6.45, 7) is 7.57. The summed E-state index contributed by atoms with van der Waals surface area (Å²) in [6.07, 6.45) is -14.3. The maximum Gasteiger partial charge on any atom is 2.00 e. The molecule has 14 rings (SSSR count). The van der Waals surface area contributed by atoms with Crippen LogP contribution in [0.5, 0.6) is 46.0 Å². The first-order valence-electron chi connectivity index (χ1n) is 40.1. The Balaban J connectivity index is 0.00000804. The molecule has 0 aliphatic carbocycles. The van der Waals surface area contributed by atoms with E-state index in [4.69, 9.17) is 63.1 Å². The molecule has 7 aliphatic heterocycles. The van der Waals surface area contributed by atoms with Crippen LogP contribution < -0.4 is 57.6 Å². The summed E-state index contributed by atoms with van der Waals surface area (Å²) in [7, 11) is 1.50. The summed E-state index contributed by atoms with van der Waals surface area (Å²) in [6, 6.07) is 17.1. The van der Waals surface area contributed by atoms with E-state index in [0.717, 1.165) is 54.2 Å². The van der Waals surface area contributed by atoms with E-state index in [1.54, 1.807) is 12.4 Å². The molecule has 11 bridgehead atoms. The normalized spacial score (nSPS) is 26.1. The summed E-state index contributed by atoms with van der Waals surface area (Å²) in [5.74, 6) is -17.1. The van der Waals surface area contributed by atoms with Crippen LogP contribution >= 0.6 is 23.2 Å². The predicted octanol–water partition coefficient (Wildman–Crippen LogP) is 4.34. The van der Waals surface area contributed by atoms with E-state index in [0.29, 0.717) is 38.9 Å². The minimum Gasteiger partial charge on any atom is -0.508 e. The Bertz CT molecular complexity index is 4950. The number of aromatic nitrogens is 2. The third-order valence-corrected chi connectivity index (χ3v) is 22.9. The standard InChI is InChI=1S/C86H101Cl2N11O23.H2O.Zn/c1-41(2)26-56(91-5)82(114)97-71-59(104)30-47(33-66(89)106)80(112)95-69-46-31-63(118-61-20-17-44(73(71)107)28-54(61)87)77(122-85-78(76(110)75(109)65(40-100)120-85)121-67-37-86(4,90)79(111)42(3)117-67)64(32-46)119-62-21-18-45(29-55(62)88)74(108)72-84(116)96-70(53-34-50(101)35-58(103)68(53)52-27-43(16-19-57(52)102)51(36-60(69)105)81(113)98-72)83(115)94-24-10-6-7-13-25-99(38-48-14-8-11-22-92-48)39-49-15-9-12-23-93-49;;/h8-9,11-12,14-23,27-29,31-32,34-35,41-42,47,51,56,65,67,69-76,78-79,85,91,100-103,107-111H,6-7,10,13,24-26,30,33,36-40,90H2,1-5H3,(H2,89,106)(H,94,115)(H,95,112)(H,96,116)(H,97,114)(H,98,113);1H2;/q;;+2/t42?,47-,51+,56+,65?,67-,69+,70-,71-,72-,73+,74+,75-,76?,78?,79+,85+,86+;;/m0../s1. The minimum atomic E-state index is -2.20. The first kappa shape index (κ1) is 96.3. The number of hydrogen-bond donors (Lipinski definition) is 17. The van der Waals surface area contributed by atoms with Crippen LogP contribution in [-0.2, 0) is 85.1 Å². The van der Waals surface area contributed by atoms with Crippen molar-refractivity contribution in [2.24, 2.45) is 23.3 Å². The third kappa shape index (κ3) is 22.8. The molecular weight excluding hydrogens is 1710 g/mol. The molecule has 660 valence electrons. The second-order valence-corrected chi connectivity index (χ2v) is 32.8. The van der Waals surface area contributed by atoms with Crippen molar-refractivity contribution in [1.82, 2.24) is 46.8 Å². The zero-order chi connectivity index (χ0) is 87.7. The van der Waals surface area contributed by atoms with Crippen molar-refractivity contribution in [1.29, 1.82) is 0 Å². The fourth-order valence-electron chi connectivity index (χ4n) is 15.8. The van der Waals surface area contributed by atoms with Gasteiger partial charge in [0.2, 0.25) is 47.5 Å². The van der Waals surface area contributed by atoms with Gasteiger partial charge in [0.1, 0.15) is 83.4 Å². The molecule has 2 saturated heterocycles. The molecular formula is C86H103Cl2N11O24Zn+2. The number of likely N-dealkylation sites (N-methyl/N-ethyl adjacent to an activating group) is 1. The molecule has 6 amide bonds. The van der Waals surface area contributed by atoms with Crippen LogP contribution in [0.2, 0.25) is 10.0 Å². The molecule has 2 aromatic heterocycles. The Morgan fingerprint density at radius 1 is 0.710 bits per heavy atom. The van der Waals surface area contributed by atoms with Crippen LogP contribution in [0.15, 0.2) is 128 Å². The maximum atomic E-state index is 16.5. The molecule has 21 N–H and O–H groups in total. The van der Waals surface area contributed by atoms with Gasteiger partial charge in [-0.05, 0) is 159 Å². The van der Waals surface area contributed by atoms with Crippen molar-refractivity contribution in [2.75, 3.05) is 26.7 Å². The minimum absolute atomic E-state index is 0. The molecule has 38 heteroatoms. The zero-order valence-electron chi connectivity index (χ0n) is 68.6. The number of aliphatic hydroxyl groups is 6. The monoisotopic (exact) mass is 1810 g/mol. The molecule has 18 atom stereocenters. The number of carbonyl (C=O) groups excluding carboxylic acids is 8. The fraction of sp³-hybridized carbons (Fsp3) is 0.442. The van der Waals surface area contributed by atoms with Gasteiger partial charge < -0.3 is 123 Å². The van der Waals surface area contributed by atoms with E-state index in [9.17, 15) is 55.5 Å². The summed E-state index contributed by atoms with van der Waals surface area (Å²) < 4.78 is 38.9. The third-order valence-electron chi connectivity index (χ3n) is 22.3. The van der Waals surface area contributed by atoms with Gasteiger partial charge in [-0.15, -0.1) is 0 Å². The van der Waals surface area contributed by atoms with Crippen LogP contribution in [0.4, 0.5) is 0 Å². The number of fused-ring (bicyclic) bond motifs is 15. The van der Waals surface area contributed by atoms with Crippen LogP contribution in [0.25, 0.3) is 11.1 Å². The number of Topliss-reactive ketones (excluding diaryl/α,β-unsaturated/α-hetero) is 2. The van der Waals surface area contributed by atoms with Crippen molar-refractivity contribution in [3.8, 4) is 57.1 Å². The van der Waals surface area contributed by atoms with E-state index in [1.807, 2.05) is 50.2 Å². The van der Waals surface area contributed by atoms with Crippen LogP contribution in [0, 0.1) is 11.8 Å². The number of phenols is 3. The Morgan fingerprint density at radius 2 is 1.34 bits per heavy atom. The predicted molar refractivity (Wildman–Crippen MR) is 442 cm³/mol. The van der Waals surface area contributed by atoms with E-state index < -0.39 is 221 Å². The quantitative estimate of drug-likeness (QED) is 0.0295.